The van der Waals surface area contributed by atoms with Gasteiger partial charge in [-0.1, -0.05) is 0 Å². The van der Waals surface area contributed by atoms with Crippen LogP contribution in [0.1, 0.15) is 40.0 Å². The molecule has 0 bridgehead atoms. The molecule has 3 fully saturated rings. The molecule has 242 valence electrons. The van der Waals surface area contributed by atoms with Gasteiger partial charge in [0.25, 0.3) is 17.7 Å². The summed E-state index contributed by atoms with van der Waals surface area (Å²) in [6.45, 7) is 7.03. The first-order valence-electron chi connectivity index (χ1n) is 13.3. The molecule has 0 aliphatic carbocycles. The maximum Gasteiger partial charge on any atom is 0.373 e. The normalized spacial score (nSPS) is 19.4. The molecule has 3 aliphatic heterocycles. The predicted octanol–water partition coefficient (Wildman–Crippen LogP) is 0.669. The summed E-state index contributed by atoms with van der Waals surface area (Å²) < 4.78 is 13.7. The third-order valence-corrected chi connectivity index (χ3v) is 6.17. The van der Waals surface area contributed by atoms with E-state index >= 15 is 0 Å². The van der Waals surface area contributed by atoms with Crippen molar-refractivity contribution >= 4 is 35.6 Å². The van der Waals surface area contributed by atoms with E-state index in [1.807, 2.05) is 0 Å². The van der Waals surface area contributed by atoms with E-state index in [0.29, 0.717) is 38.9 Å². The summed E-state index contributed by atoms with van der Waals surface area (Å²) >= 11 is 0. The van der Waals surface area contributed by atoms with Crippen LogP contribution < -0.4 is 0 Å². The standard InChI is InChI=1S/3C9H13NO4.Fe/c3*1-3-14-9(13)7(11)6-4-5-10(2)8(6)12;/h3*11H,3-5H2,1-2H3;. The quantitative estimate of drug-likeness (QED) is 0.119. The molecule has 3 heterocycles. The molecule has 43 heavy (non-hydrogen) atoms. The van der Waals surface area contributed by atoms with Crippen LogP contribution in [0.2, 0.25) is 0 Å². The van der Waals surface area contributed by atoms with Gasteiger partial charge in [0.1, 0.15) is 0 Å². The minimum absolute atomic E-state index is 0. The van der Waals surface area contributed by atoms with Crippen LogP contribution in [-0.2, 0) is 60.0 Å². The molecular formula is C27H39FeN3O12. The zero-order valence-electron chi connectivity index (χ0n) is 25.1. The van der Waals surface area contributed by atoms with Gasteiger partial charge in [-0.2, -0.15) is 0 Å². The van der Waals surface area contributed by atoms with Crippen LogP contribution in [0.15, 0.2) is 34.0 Å². The van der Waals surface area contributed by atoms with Gasteiger partial charge in [-0.3, -0.25) is 14.4 Å². The van der Waals surface area contributed by atoms with Crippen molar-refractivity contribution in [3.8, 4) is 0 Å². The minimum Gasteiger partial charge on any atom is -0.501 e. The summed E-state index contributed by atoms with van der Waals surface area (Å²) in [7, 11) is 4.86. The molecule has 3 N–H and O–H groups in total. The molecule has 0 radical (unpaired) electrons. The fourth-order valence-electron chi connectivity index (χ4n) is 3.78. The van der Waals surface area contributed by atoms with E-state index < -0.39 is 35.2 Å². The molecular weight excluding hydrogens is 614 g/mol. The third kappa shape index (κ3) is 10.6. The molecule has 3 rings (SSSR count). The first-order valence-corrected chi connectivity index (χ1v) is 13.3. The van der Waals surface area contributed by atoms with Gasteiger partial charge in [0.2, 0.25) is 17.3 Å². The van der Waals surface area contributed by atoms with Gasteiger partial charge in [0, 0.05) is 57.8 Å². The van der Waals surface area contributed by atoms with Crippen molar-refractivity contribution in [3.63, 3.8) is 0 Å². The molecule has 0 aromatic rings. The molecule has 0 unspecified atom stereocenters. The largest absolute Gasteiger partial charge is 0.501 e. The second-order valence-electron chi connectivity index (χ2n) is 9.07. The topological polar surface area (TPSA) is 201 Å². The van der Waals surface area contributed by atoms with Crippen LogP contribution in [0.25, 0.3) is 0 Å². The first kappa shape index (κ1) is 39.0. The number of carbonyl (C=O) groups is 6. The van der Waals surface area contributed by atoms with Crippen molar-refractivity contribution < 1.29 is 75.4 Å². The summed E-state index contributed by atoms with van der Waals surface area (Å²) in [6.07, 6.45) is 1.17. The third-order valence-electron chi connectivity index (χ3n) is 6.17. The van der Waals surface area contributed by atoms with E-state index in [2.05, 4.69) is 14.2 Å². The zero-order chi connectivity index (χ0) is 32.1. The second-order valence-corrected chi connectivity index (χ2v) is 9.07. The number of ether oxygens (including phenoxy) is 3. The maximum absolute atomic E-state index is 11.4. The van der Waals surface area contributed by atoms with Crippen molar-refractivity contribution in [2.75, 3.05) is 60.6 Å². The number of amides is 3. The van der Waals surface area contributed by atoms with E-state index in [1.54, 1.807) is 41.9 Å². The Balaban J connectivity index is 0.000000608. The second kappa shape index (κ2) is 18.5. The van der Waals surface area contributed by atoms with Gasteiger partial charge in [-0.15, -0.1) is 0 Å². The Morgan fingerprint density at radius 1 is 0.558 bits per heavy atom. The summed E-state index contributed by atoms with van der Waals surface area (Å²) in [5, 5.41) is 28.2. The monoisotopic (exact) mass is 653 g/mol. The molecule has 3 saturated heterocycles. The van der Waals surface area contributed by atoms with Gasteiger partial charge < -0.3 is 44.2 Å². The van der Waals surface area contributed by atoms with Crippen LogP contribution in [0, 0.1) is 0 Å². The number of hydrogen-bond donors (Lipinski definition) is 3. The zero-order valence-corrected chi connectivity index (χ0v) is 26.2. The Morgan fingerprint density at radius 2 is 0.767 bits per heavy atom. The van der Waals surface area contributed by atoms with Crippen molar-refractivity contribution in [1.82, 2.24) is 14.7 Å². The summed E-state index contributed by atoms with van der Waals surface area (Å²) in [5.74, 6) is -5.08. The summed E-state index contributed by atoms with van der Waals surface area (Å²) in [6, 6.07) is 0. The van der Waals surface area contributed by atoms with Gasteiger partial charge in [0.05, 0.1) is 36.5 Å². The SMILES string of the molecule is CCOC(=O)C(O)=C1CCN(C)C1=O.CCOC(=O)C(O)=C1CCN(C)C1=O.CCOC(=O)C(O)=C1CCN(C)C1=O.[Fe]. The fraction of sp³-hybridized carbons (Fsp3) is 0.556. The number of likely N-dealkylation sites (N-methyl/N-ethyl adjacent to an activating group) is 3. The fourth-order valence-corrected chi connectivity index (χ4v) is 3.78. The summed E-state index contributed by atoms with van der Waals surface area (Å²) in [4.78, 5) is 71.7. The van der Waals surface area contributed by atoms with E-state index in [-0.39, 0.29) is 71.3 Å². The van der Waals surface area contributed by atoms with Crippen LogP contribution in [0.5, 0.6) is 0 Å². The minimum atomic E-state index is -0.828. The Morgan fingerprint density at radius 3 is 0.907 bits per heavy atom. The number of likely N-dealkylation sites (tertiary alicyclic amines) is 3. The first-order chi connectivity index (χ1) is 19.7. The van der Waals surface area contributed by atoms with Gasteiger partial charge in [-0.25, -0.2) is 14.4 Å². The smallest absolute Gasteiger partial charge is 0.373 e. The van der Waals surface area contributed by atoms with Crippen molar-refractivity contribution in [3.05, 3.63) is 34.0 Å². The van der Waals surface area contributed by atoms with Crippen molar-refractivity contribution in [2.24, 2.45) is 0 Å². The molecule has 0 aromatic heterocycles. The number of aliphatic hydroxyl groups is 3. The molecule has 15 nitrogen and oxygen atoms in total. The van der Waals surface area contributed by atoms with Crippen LogP contribution in [0.3, 0.4) is 0 Å². The number of nitrogens with zero attached hydrogens (tertiary/aromatic N) is 3. The van der Waals surface area contributed by atoms with E-state index in [1.165, 1.54) is 14.7 Å². The van der Waals surface area contributed by atoms with Crippen LogP contribution in [-0.4, -0.2) is 126 Å². The molecule has 3 amide bonds. The number of hydrogen-bond acceptors (Lipinski definition) is 12. The Kier molecular flexibility index (Phi) is 16.8. The molecule has 16 heteroatoms. The predicted molar refractivity (Wildman–Crippen MR) is 146 cm³/mol. The van der Waals surface area contributed by atoms with E-state index in [0.717, 1.165) is 0 Å². The molecule has 0 saturated carbocycles. The van der Waals surface area contributed by atoms with Gasteiger partial charge in [0.15, 0.2) is 0 Å². The van der Waals surface area contributed by atoms with Crippen LogP contribution >= 0.6 is 0 Å². The Bertz CT molecular complexity index is 1040. The number of carbonyl (C=O) groups excluding carboxylic acids is 6. The molecule has 0 spiro atoms. The number of rotatable bonds is 6. The van der Waals surface area contributed by atoms with E-state index in [4.69, 9.17) is 0 Å². The Hall–Kier alpha value is -4.04. The molecule has 0 aromatic carbocycles. The average Bonchev–Trinajstić information content (AvgIpc) is 3.60. The molecule has 3 aliphatic rings. The molecule has 0 atom stereocenters. The summed E-state index contributed by atoms with van der Waals surface area (Å²) in [5.41, 5.74) is 0.433. The van der Waals surface area contributed by atoms with Gasteiger partial charge >= 0.3 is 17.9 Å². The average molecular weight is 653 g/mol. The maximum atomic E-state index is 11.4. The van der Waals surface area contributed by atoms with Crippen molar-refractivity contribution in [1.29, 1.82) is 0 Å². The number of aliphatic hydroxyl groups excluding tert-OH is 3. The van der Waals surface area contributed by atoms with Crippen molar-refractivity contribution in [2.45, 2.75) is 40.0 Å². The van der Waals surface area contributed by atoms with E-state index in [9.17, 15) is 44.1 Å². The Labute approximate surface area is 260 Å². The van der Waals surface area contributed by atoms with Crippen LogP contribution in [0.4, 0.5) is 0 Å². The van der Waals surface area contributed by atoms with Gasteiger partial charge in [-0.05, 0) is 40.0 Å². The number of esters is 3.